The number of nitrogens with one attached hydrogen (secondary N) is 2. The molecular weight excluding hydrogens is 456 g/mol. The van der Waals surface area contributed by atoms with E-state index in [9.17, 15) is 13.2 Å². The summed E-state index contributed by atoms with van der Waals surface area (Å²) in [6.45, 7) is 1.69. The van der Waals surface area contributed by atoms with Crippen LogP contribution in [0.5, 0.6) is 5.75 Å². The van der Waals surface area contributed by atoms with Gasteiger partial charge in [0.2, 0.25) is 0 Å². The summed E-state index contributed by atoms with van der Waals surface area (Å²) in [5.41, 5.74) is 0.459. The first-order chi connectivity index (χ1) is 13.8. The SMILES string of the molecule is C[C@H](Oc1ccc(S(=O)(=O)Nc2ccccc2Br)cc1)C(=O)NC1CCCCC1. The van der Waals surface area contributed by atoms with Crippen LogP contribution < -0.4 is 14.8 Å². The summed E-state index contributed by atoms with van der Waals surface area (Å²) in [7, 11) is -3.73. The highest BCUT2D eigenvalue weighted by Gasteiger charge is 2.21. The first-order valence-corrected chi connectivity index (χ1v) is 12.0. The Hall–Kier alpha value is -2.06. The van der Waals surface area contributed by atoms with Crippen LogP contribution in [0.2, 0.25) is 0 Å². The smallest absolute Gasteiger partial charge is 0.261 e. The van der Waals surface area contributed by atoms with Crippen LogP contribution in [0, 0.1) is 0 Å². The third kappa shape index (κ3) is 5.96. The zero-order chi connectivity index (χ0) is 20.9. The molecule has 8 heteroatoms. The molecule has 156 valence electrons. The van der Waals surface area contributed by atoms with Crippen LogP contribution in [0.25, 0.3) is 0 Å². The molecule has 0 aliphatic heterocycles. The van der Waals surface area contributed by atoms with E-state index in [2.05, 4.69) is 26.0 Å². The first-order valence-electron chi connectivity index (χ1n) is 9.69. The van der Waals surface area contributed by atoms with Crippen molar-refractivity contribution in [1.29, 1.82) is 0 Å². The number of rotatable bonds is 7. The summed E-state index contributed by atoms with van der Waals surface area (Å²) in [5, 5.41) is 3.03. The molecule has 6 nitrogen and oxygen atoms in total. The maximum absolute atomic E-state index is 12.6. The Labute approximate surface area is 180 Å². The third-order valence-corrected chi connectivity index (χ3v) is 6.96. The molecular formula is C21H25BrN2O4S. The number of benzene rings is 2. The summed E-state index contributed by atoms with van der Waals surface area (Å²) in [6.07, 6.45) is 4.88. The van der Waals surface area contributed by atoms with Gasteiger partial charge >= 0.3 is 0 Å². The van der Waals surface area contributed by atoms with Crippen LogP contribution in [0.3, 0.4) is 0 Å². The molecule has 1 fully saturated rings. The number of carbonyl (C=O) groups excluding carboxylic acids is 1. The lowest BCUT2D eigenvalue weighted by molar-refractivity contribution is -0.128. The van der Waals surface area contributed by atoms with E-state index in [0.29, 0.717) is 15.9 Å². The van der Waals surface area contributed by atoms with Gasteiger partial charge in [-0.15, -0.1) is 0 Å². The van der Waals surface area contributed by atoms with E-state index in [-0.39, 0.29) is 16.8 Å². The van der Waals surface area contributed by atoms with E-state index < -0.39 is 16.1 Å². The lowest BCUT2D eigenvalue weighted by Gasteiger charge is -2.24. The zero-order valence-corrected chi connectivity index (χ0v) is 18.6. The van der Waals surface area contributed by atoms with Crippen molar-refractivity contribution in [2.24, 2.45) is 0 Å². The lowest BCUT2D eigenvalue weighted by atomic mass is 9.95. The van der Waals surface area contributed by atoms with Crippen molar-refractivity contribution in [2.45, 2.75) is 56.1 Å². The van der Waals surface area contributed by atoms with Crippen molar-refractivity contribution < 1.29 is 17.9 Å². The minimum atomic E-state index is -3.73. The molecule has 0 unspecified atom stereocenters. The standard InChI is InChI=1S/C21H25BrN2O4S/c1-15(21(25)23-16-7-3-2-4-8-16)28-17-11-13-18(14-12-17)29(26,27)24-20-10-6-5-9-19(20)22/h5-6,9-16,24H,2-4,7-8H2,1H3,(H,23,25)/t15-/m0/s1. The molecule has 3 rings (SSSR count). The highest BCUT2D eigenvalue weighted by Crippen LogP contribution is 2.25. The highest BCUT2D eigenvalue weighted by atomic mass is 79.9. The average Bonchev–Trinajstić information content (AvgIpc) is 2.71. The monoisotopic (exact) mass is 480 g/mol. The number of para-hydroxylation sites is 1. The first kappa shape index (κ1) is 21.6. The molecule has 1 atom stereocenters. The van der Waals surface area contributed by atoms with Gasteiger partial charge in [-0.25, -0.2) is 8.42 Å². The fraction of sp³-hybridized carbons (Fsp3) is 0.381. The Morgan fingerprint density at radius 1 is 1.07 bits per heavy atom. The summed E-state index contributed by atoms with van der Waals surface area (Å²) in [4.78, 5) is 12.4. The van der Waals surface area contributed by atoms with Gasteiger partial charge < -0.3 is 10.1 Å². The van der Waals surface area contributed by atoms with Crippen molar-refractivity contribution in [1.82, 2.24) is 5.32 Å². The van der Waals surface area contributed by atoms with Crippen molar-refractivity contribution >= 4 is 37.5 Å². The van der Waals surface area contributed by atoms with Gasteiger partial charge in [-0.1, -0.05) is 31.4 Å². The van der Waals surface area contributed by atoms with Gasteiger partial charge in [0.15, 0.2) is 6.10 Å². The summed E-state index contributed by atoms with van der Waals surface area (Å²) in [6, 6.07) is 13.2. The minimum Gasteiger partial charge on any atom is -0.481 e. The van der Waals surface area contributed by atoms with Gasteiger partial charge in [0, 0.05) is 10.5 Å². The second-order valence-electron chi connectivity index (χ2n) is 7.16. The topological polar surface area (TPSA) is 84.5 Å². The Kier molecular flexibility index (Phi) is 7.18. The Bertz CT molecular complexity index is 941. The van der Waals surface area contributed by atoms with E-state index in [1.54, 1.807) is 43.3 Å². The normalized spacial score (nSPS) is 16.1. The third-order valence-electron chi connectivity index (χ3n) is 4.89. The Morgan fingerprint density at radius 3 is 2.38 bits per heavy atom. The molecule has 1 saturated carbocycles. The van der Waals surface area contributed by atoms with Crippen LogP contribution in [0.4, 0.5) is 5.69 Å². The maximum Gasteiger partial charge on any atom is 0.261 e. The van der Waals surface area contributed by atoms with E-state index in [4.69, 9.17) is 4.74 Å². The van der Waals surface area contributed by atoms with Crippen molar-refractivity contribution in [3.63, 3.8) is 0 Å². The number of amides is 1. The van der Waals surface area contributed by atoms with E-state index >= 15 is 0 Å². The zero-order valence-electron chi connectivity index (χ0n) is 16.2. The molecule has 0 heterocycles. The predicted octanol–water partition coefficient (Wildman–Crippen LogP) is 4.47. The number of hydrogen-bond donors (Lipinski definition) is 2. The van der Waals surface area contributed by atoms with Crippen LogP contribution >= 0.6 is 15.9 Å². The summed E-state index contributed by atoms with van der Waals surface area (Å²) < 4.78 is 34.0. The van der Waals surface area contributed by atoms with Crippen molar-refractivity contribution in [3.05, 3.63) is 53.0 Å². The van der Waals surface area contributed by atoms with Gasteiger partial charge in [0.05, 0.1) is 10.6 Å². The fourth-order valence-electron chi connectivity index (χ4n) is 3.27. The van der Waals surface area contributed by atoms with Crippen molar-refractivity contribution in [3.8, 4) is 5.75 Å². The number of sulfonamides is 1. The highest BCUT2D eigenvalue weighted by molar-refractivity contribution is 9.10. The van der Waals surface area contributed by atoms with Gasteiger partial charge in [0.1, 0.15) is 5.75 Å². The molecule has 1 aliphatic carbocycles. The molecule has 0 saturated heterocycles. The molecule has 1 amide bonds. The number of ether oxygens (including phenoxy) is 1. The average molecular weight is 481 g/mol. The molecule has 0 radical (unpaired) electrons. The van der Waals surface area contributed by atoms with Gasteiger partial charge in [-0.05, 0) is 72.1 Å². The van der Waals surface area contributed by atoms with Crippen LogP contribution in [-0.4, -0.2) is 26.5 Å². The predicted molar refractivity (Wildman–Crippen MR) is 116 cm³/mol. The van der Waals surface area contributed by atoms with Gasteiger partial charge in [-0.2, -0.15) is 0 Å². The van der Waals surface area contributed by atoms with Crippen LogP contribution in [0.1, 0.15) is 39.0 Å². The molecule has 29 heavy (non-hydrogen) atoms. The Balaban J connectivity index is 1.60. The summed E-state index contributed by atoms with van der Waals surface area (Å²) >= 11 is 3.32. The van der Waals surface area contributed by atoms with E-state index in [0.717, 1.165) is 25.7 Å². The molecule has 0 aromatic heterocycles. The number of carbonyl (C=O) groups is 1. The molecule has 0 bridgehead atoms. The second-order valence-corrected chi connectivity index (χ2v) is 9.70. The molecule has 1 aliphatic rings. The van der Waals surface area contributed by atoms with E-state index in [1.807, 2.05) is 0 Å². The quantitative estimate of drug-likeness (QED) is 0.612. The maximum atomic E-state index is 12.6. The molecule has 2 N–H and O–H groups in total. The number of anilines is 1. The lowest BCUT2D eigenvalue weighted by Crippen LogP contribution is -2.43. The van der Waals surface area contributed by atoms with Crippen molar-refractivity contribution in [2.75, 3.05) is 4.72 Å². The molecule has 2 aromatic carbocycles. The number of hydrogen-bond acceptors (Lipinski definition) is 4. The van der Waals surface area contributed by atoms with Crippen LogP contribution in [-0.2, 0) is 14.8 Å². The number of halogens is 1. The van der Waals surface area contributed by atoms with Gasteiger partial charge in [-0.3, -0.25) is 9.52 Å². The second kappa shape index (κ2) is 9.63. The van der Waals surface area contributed by atoms with Crippen LogP contribution in [0.15, 0.2) is 57.9 Å². The Morgan fingerprint density at radius 2 is 1.72 bits per heavy atom. The largest absolute Gasteiger partial charge is 0.481 e. The molecule has 2 aromatic rings. The summed E-state index contributed by atoms with van der Waals surface area (Å²) in [5.74, 6) is 0.292. The van der Waals surface area contributed by atoms with E-state index in [1.165, 1.54) is 18.6 Å². The molecule has 0 spiro atoms. The minimum absolute atomic E-state index is 0.111. The fourth-order valence-corrected chi connectivity index (χ4v) is 4.86. The van der Waals surface area contributed by atoms with Gasteiger partial charge in [0.25, 0.3) is 15.9 Å².